The smallest absolute Gasteiger partial charge is 0.300 e. The number of carbonyl (C=O) groups is 3. The molecule has 0 spiro atoms. The second kappa shape index (κ2) is 11.4. The molecule has 164 valence electrons. The van der Waals surface area contributed by atoms with Crippen molar-refractivity contribution >= 4 is 85.0 Å². The van der Waals surface area contributed by atoms with Gasteiger partial charge in [0.05, 0.1) is 20.1 Å². The van der Waals surface area contributed by atoms with E-state index in [9.17, 15) is 9.59 Å². The molecule has 0 aliphatic carbocycles. The monoisotopic (exact) mass is 544 g/mol. The van der Waals surface area contributed by atoms with E-state index in [4.69, 9.17) is 27.2 Å². The van der Waals surface area contributed by atoms with Crippen LogP contribution in [-0.2, 0) is 14.4 Å². The Morgan fingerprint density at radius 1 is 1.23 bits per heavy atom. The largest absolute Gasteiger partial charge is 0.481 e. The van der Waals surface area contributed by atoms with Gasteiger partial charge in [-0.3, -0.25) is 14.4 Å². The van der Waals surface area contributed by atoms with Crippen LogP contribution in [-0.4, -0.2) is 39.0 Å². The molecule has 1 saturated heterocycles. The summed E-state index contributed by atoms with van der Waals surface area (Å²) in [5.74, 6) is -1.44. The number of anilines is 1. The molecule has 1 aliphatic heterocycles. The third-order valence-electron chi connectivity index (χ3n) is 3.68. The van der Waals surface area contributed by atoms with E-state index in [0.717, 1.165) is 32.2 Å². The molecule has 0 radical (unpaired) electrons. The molecule has 0 saturated carbocycles. The highest BCUT2D eigenvalue weighted by atomic mass is 79.9. The van der Waals surface area contributed by atoms with Crippen molar-refractivity contribution in [3.05, 3.63) is 50.1 Å². The first kappa shape index (κ1) is 25.1. The van der Waals surface area contributed by atoms with Gasteiger partial charge < -0.3 is 10.8 Å². The Kier molecular flexibility index (Phi) is 9.23. The summed E-state index contributed by atoms with van der Waals surface area (Å²) in [5, 5.41) is 15.5. The van der Waals surface area contributed by atoms with Crippen LogP contribution in [0.3, 0.4) is 0 Å². The molecule has 2 amide bonds. The fourth-order valence-electron chi connectivity index (χ4n) is 2.41. The zero-order valence-corrected chi connectivity index (χ0v) is 20.4. The number of hydrogen-bond donors (Lipinski definition) is 2. The van der Waals surface area contributed by atoms with E-state index in [2.05, 4.69) is 26.1 Å². The van der Waals surface area contributed by atoms with Crippen molar-refractivity contribution in [3.63, 3.8) is 0 Å². The van der Waals surface area contributed by atoms with Crippen LogP contribution in [0, 0.1) is 0 Å². The van der Waals surface area contributed by atoms with Crippen LogP contribution in [0.1, 0.15) is 25.1 Å². The van der Waals surface area contributed by atoms with Gasteiger partial charge in [0.15, 0.2) is 5.17 Å². The van der Waals surface area contributed by atoms with E-state index in [1.54, 1.807) is 24.3 Å². The number of carboxylic acids is 1. The number of amidine groups is 1. The first-order valence-corrected chi connectivity index (χ1v) is 11.6. The number of thiophene rings is 1. The molecule has 0 bridgehead atoms. The van der Waals surface area contributed by atoms with Crippen LogP contribution < -0.4 is 10.6 Å². The Morgan fingerprint density at radius 3 is 2.39 bits per heavy atom. The lowest BCUT2D eigenvalue weighted by molar-refractivity contribution is -0.134. The lowest BCUT2D eigenvalue weighted by atomic mass is 10.3. The number of nitrogens with two attached hydrogens (primary N) is 1. The molecule has 2 heterocycles. The van der Waals surface area contributed by atoms with Gasteiger partial charge in [0.25, 0.3) is 5.97 Å². The van der Waals surface area contributed by atoms with Crippen LogP contribution in [0.5, 0.6) is 0 Å². The molecule has 8 nitrogen and oxygen atoms in total. The lowest BCUT2D eigenvalue weighted by Crippen LogP contribution is -2.31. The minimum absolute atomic E-state index is 0.0584. The maximum absolute atomic E-state index is 12.6. The Morgan fingerprint density at radius 2 is 1.84 bits per heavy atom. The summed E-state index contributed by atoms with van der Waals surface area (Å²) in [4.78, 5) is 36.0. The van der Waals surface area contributed by atoms with Crippen molar-refractivity contribution in [3.8, 4) is 0 Å². The fourth-order valence-corrected chi connectivity index (χ4v) is 4.67. The number of benzene rings is 1. The van der Waals surface area contributed by atoms with Gasteiger partial charge in [0, 0.05) is 18.4 Å². The average Bonchev–Trinajstić information content (AvgIpc) is 3.24. The number of halogens is 2. The predicted octanol–water partition coefficient (Wildman–Crippen LogP) is 4.36. The van der Waals surface area contributed by atoms with Crippen molar-refractivity contribution in [1.29, 1.82) is 0 Å². The van der Waals surface area contributed by atoms with Gasteiger partial charge in [-0.1, -0.05) is 23.4 Å². The van der Waals surface area contributed by atoms with Gasteiger partial charge in [-0.15, -0.1) is 16.4 Å². The van der Waals surface area contributed by atoms with Crippen LogP contribution >= 0.6 is 50.6 Å². The molecule has 1 fully saturated rings. The third kappa shape index (κ3) is 7.46. The van der Waals surface area contributed by atoms with Crippen molar-refractivity contribution in [2.24, 2.45) is 15.9 Å². The second-order valence-corrected chi connectivity index (χ2v) is 10.2. The summed E-state index contributed by atoms with van der Waals surface area (Å²) in [6.07, 6.45) is 0.0584. The van der Waals surface area contributed by atoms with Gasteiger partial charge in [0.2, 0.25) is 11.8 Å². The van der Waals surface area contributed by atoms with Crippen LogP contribution in [0.2, 0.25) is 5.02 Å². The van der Waals surface area contributed by atoms with Crippen LogP contribution in [0.4, 0.5) is 5.69 Å². The molecule has 3 N–H and O–H groups in total. The van der Waals surface area contributed by atoms with E-state index in [-0.39, 0.29) is 23.4 Å². The van der Waals surface area contributed by atoms with Crippen molar-refractivity contribution < 1.29 is 19.5 Å². The molecule has 1 atom stereocenters. The summed E-state index contributed by atoms with van der Waals surface area (Å²) >= 11 is 11.8. The topological polar surface area (TPSA) is 125 Å². The van der Waals surface area contributed by atoms with E-state index >= 15 is 0 Å². The average molecular weight is 546 g/mol. The van der Waals surface area contributed by atoms with E-state index in [1.165, 1.54) is 11.3 Å². The van der Waals surface area contributed by atoms with Crippen molar-refractivity contribution in [2.75, 3.05) is 4.90 Å². The number of carbonyl (C=O) groups excluding carboxylic acids is 2. The Labute approximate surface area is 200 Å². The maximum Gasteiger partial charge on any atom is 0.300 e. The van der Waals surface area contributed by atoms with Crippen molar-refractivity contribution in [2.45, 2.75) is 25.5 Å². The minimum Gasteiger partial charge on any atom is -0.481 e. The summed E-state index contributed by atoms with van der Waals surface area (Å²) in [7, 11) is 0. The molecule has 1 aromatic heterocycles. The zero-order chi connectivity index (χ0) is 23.1. The molecule has 1 aliphatic rings. The number of aliphatic carboxylic acids is 1. The van der Waals surface area contributed by atoms with E-state index in [1.807, 2.05) is 19.1 Å². The van der Waals surface area contributed by atoms with E-state index < -0.39 is 11.2 Å². The first-order valence-electron chi connectivity index (χ1n) is 8.70. The molecular formula is C19H18BrClN4O4S2. The number of carboxylic acid groups (broad SMARTS) is 1. The number of nitrogens with zero attached hydrogens (tertiary/aromatic N) is 3. The molecule has 2 aromatic rings. The minimum atomic E-state index is -0.833. The van der Waals surface area contributed by atoms with E-state index in [0.29, 0.717) is 16.4 Å². The normalized spacial score (nSPS) is 16.9. The number of rotatable bonds is 4. The Hall–Kier alpha value is -2.21. The van der Waals surface area contributed by atoms with Crippen LogP contribution in [0.25, 0.3) is 0 Å². The summed E-state index contributed by atoms with van der Waals surface area (Å²) in [5.41, 5.74) is 7.10. The molecule has 1 unspecified atom stereocenters. The predicted molar refractivity (Wildman–Crippen MR) is 129 cm³/mol. The molecule has 12 heteroatoms. The third-order valence-corrected chi connectivity index (χ3v) is 6.64. The van der Waals surface area contributed by atoms with Gasteiger partial charge in [-0.25, -0.2) is 4.90 Å². The highest BCUT2D eigenvalue weighted by molar-refractivity contribution is 9.11. The summed E-state index contributed by atoms with van der Waals surface area (Å²) < 4.78 is 0.996. The second-order valence-electron chi connectivity index (χ2n) is 6.10. The van der Waals surface area contributed by atoms with Gasteiger partial charge in [0.1, 0.15) is 5.25 Å². The SMILES string of the molecule is CC(=N/N=C(\N)SC1CC(=O)N(c2ccc(Cl)cc2)C1=O)c1ccc(Br)s1.CC(=O)O. The number of imide groups is 1. The molecule has 3 rings (SSSR count). The summed E-state index contributed by atoms with van der Waals surface area (Å²) in [6.45, 7) is 2.91. The lowest BCUT2D eigenvalue weighted by Gasteiger charge is -2.14. The number of hydrogen-bond acceptors (Lipinski definition) is 7. The maximum atomic E-state index is 12.6. The van der Waals surface area contributed by atoms with Crippen LogP contribution in [0.15, 0.2) is 50.4 Å². The molecule has 31 heavy (non-hydrogen) atoms. The van der Waals surface area contributed by atoms with Gasteiger partial charge >= 0.3 is 0 Å². The molecule has 1 aromatic carbocycles. The standard InChI is InChI=1S/C17H14BrClN4O2S2.C2H4O2/c1-9(12-6-7-14(18)26-12)21-22-17(20)27-13-8-15(24)23(16(13)25)11-4-2-10(19)3-5-11;1-2(3)4/h2-7,13H,8H2,1H3,(H2,20,22);1H3,(H,3,4). The quantitative estimate of drug-likeness (QED) is 0.254. The van der Waals surface area contributed by atoms with Gasteiger partial charge in [-0.05, 0) is 59.3 Å². The first-order chi connectivity index (χ1) is 14.6. The number of thioether (sulfide) groups is 1. The highest BCUT2D eigenvalue weighted by Gasteiger charge is 2.40. The molecular weight excluding hydrogens is 528 g/mol. The zero-order valence-electron chi connectivity index (χ0n) is 16.4. The Balaban J connectivity index is 0.000000785. The highest BCUT2D eigenvalue weighted by Crippen LogP contribution is 2.30. The summed E-state index contributed by atoms with van der Waals surface area (Å²) in [6, 6.07) is 10.4. The fraction of sp³-hybridized carbons (Fsp3) is 0.211. The van der Waals surface area contributed by atoms with Gasteiger partial charge in [-0.2, -0.15) is 5.10 Å². The Bertz CT molecular complexity index is 1040. The van der Waals surface area contributed by atoms with Crippen molar-refractivity contribution in [1.82, 2.24) is 0 Å². The number of amides is 2.